The first-order chi connectivity index (χ1) is 12.8. The Labute approximate surface area is 155 Å². The van der Waals surface area contributed by atoms with E-state index in [1.165, 1.54) is 36.5 Å². The van der Waals surface area contributed by atoms with Crippen LogP contribution in [0.15, 0.2) is 42.6 Å². The zero-order valence-corrected chi connectivity index (χ0v) is 14.6. The number of benzene rings is 2. The fourth-order valence-electron chi connectivity index (χ4n) is 2.63. The van der Waals surface area contributed by atoms with E-state index in [0.717, 1.165) is 11.3 Å². The molecule has 0 radical (unpaired) electrons. The Morgan fingerprint density at radius 2 is 1.89 bits per heavy atom. The van der Waals surface area contributed by atoms with Gasteiger partial charge in [0.2, 0.25) is 0 Å². The number of alkyl halides is 2. The number of aromatic nitrogens is 1. The molecule has 0 bridgehead atoms. The number of aryl methyl sites for hydroxylation is 1. The molecular formula is C18H11F3N2O3S. The summed E-state index contributed by atoms with van der Waals surface area (Å²) in [6, 6.07) is 8.47. The van der Waals surface area contributed by atoms with Gasteiger partial charge >= 0.3 is 6.29 Å². The smallest absolute Gasteiger partial charge is 0.395 e. The number of nitrogens with zero attached hydrogens (tertiary/aromatic N) is 1. The Bertz CT molecular complexity index is 1050. The minimum absolute atomic E-state index is 0.0427. The van der Waals surface area contributed by atoms with Crippen molar-refractivity contribution < 1.29 is 27.4 Å². The molecular weight excluding hydrogens is 381 g/mol. The second-order valence-electron chi connectivity index (χ2n) is 5.74. The van der Waals surface area contributed by atoms with E-state index in [1.807, 2.05) is 0 Å². The SMILES string of the molecule is Cc1cc2c(cc1-c1cnc(NC(=O)c3ccccc3F)s1)OC(F)(F)O2. The Morgan fingerprint density at radius 3 is 2.63 bits per heavy atom. The first kappa shape index (κ1) is 17.3. The normalized spacial score (nSPS) is 14.2. The van der Waals surface area contributed by atoms with Crippen molar-refractivity contribution in [3.05, 3.63) is 59.5 Å². The maximum absolute atomic E-state index is 13.7. The number of amides is 1. The van der Waals surface area contributed by atoms with E-state index in [0.29, 0.717) is 16.0 Å². The topological polar surface area (TPSA) is 60.5 Å². The van der Waals surface area contributed by atoms with Gasteiger partial charge in [-0.1, -0.05) is 23.5 Å². The van der Waals surface area contributed by atoms with Crippen LogP contribution < -0.4 is 14.8 Å². The Morgan fingerprint density at radius 1 is 1.19 bits per heavy atom. The molecule has 0 aliphatic carbocycles. The van der Waals surface area contributed by atoms with Gasteiger partial charge in [0, 0.05) is 11.8 Å². The summed E-state index contributed by atoms with van der Waals surface area (Å²) in [6.07, 6.45) is -2.20. The summed E-state index contributed by atoms with van der Waals surface area (Å²) in [4.78, 5) is 16.9. The van der Waals surface area contributed by atoms with Gasteiger partial charge in [0.05, 0.1) is 10.4 Å². The van der Waals surface area contributed by atoms with Gasteiger partial charge in [0.1, 0.15) is 5.82 Å². The molecule has 1 aliphatic rings. The number of carbonyl (C=O) groups excluding carboxylic acids is 1. The number of hydrogen-bond donors (Lipinski definition) is 1. The van der Waals surface area contributed by atoms with Crippen LogP contribution in [0.4, 0.5) is 18.3 Å². The summed E-state index contributed by atoms with van der Waals surface area (Å²) in [5.74, 6) is -1.39. The molecule has 0 fully saturated rings. The number of ether oxygens (including phenoxy) is 2. The summed E-state index contributed by atoms with van der Waals surface area (Å²) in [6.45, 7) is 1.73. The fourth-order valence-corrected chi connectivity index (χ4v) is 3.52. The molecule has 0 atom stereocenters. The van der Waals surface area contributed by atoms with Crippen LogP contribution in [0.1, 0.15) is 15.9 Å². The van der Waals surface area contributed by atoms with Crippen molar-refractivity contribution in [1.29, 1.82) is 0 Å². The third-order valence-corrected chi connectivity index (χ3v) is 4.80. The van der Waals surface area contributed by atoms with Crippen LogP contribution in [-0.2, 0) is 0 Å². The molecule has 0 saturated carbocycles. The number of thiazole rings is 1. The standard InChI is InChI=1S/C18H11F3N2O3S/c1-9-6-13-14(26-18(20,21)25-13)7-11(9)15-8-22-17(27-15)23-16(24)10-4-2-3-5-12(10)19/h2-8H,1H3,(H,22,23,24). The van der Waals surface area contributed by atoms with Gasteiger partial charge in [-0.15, -0.1) is 8.78 Å². The van der Waals surface area contributed by atoms with Crippen molar-refractivity contribution in [2.75, 3.05) is 5.32 Å². The highest BCUT2D eigenvalue weighted by Gasteiger charge is 2.43. The molecule has 2 aromatic carbocycles. The third-order valence-electron chi connectivity index (χ3n) is 3.86. The lowest BCUT2D eigenvalue weighted by Crippen LogP contribution is -2.25. The lowest BCUT2D eigenvalue weighted by Gasteiger charge is -2.04. The van der Waals surface area contributed by atoms with Crippen molar-refractivity contribution in [3.8, 4) is 21.9 Å². The number of nitrogens with one attached hydrogen (secondary N) is 1. The largest absolute Gasteiger partial charge is 0.586 e. The van der Waals surface area contributed by atoms with Gasteiger partial charge in [0.25, 0.3) is 5.91 Å². The van der Waals surface area contributed by atoms with E-state index in [9.17, 15) is 18.0 Å². The van der Waals surface area contributed by atoms with Crippen molar-refractivity contribution in [1.82, 2.24) is 4.98 Å². The molecule has 4 rings (SSSR count). The van der Waals surface area contributed by atoms with Gasteiger partial charge in [-0.3, -0.25) is 10.1 Å². The van der Waals surface area contributed by atoms with Gasteiger partial charge in [-0.2, -0.15) is 0 Å². The second kappa shape index (κ2) is 6.27. The summed E-state index contributed by atoms with van der Waals surface area (Å²) in [5, 5.41) is 2.78. The van der Waals surface area contributed by atoms with Crippen LogP contribution >= 0.6 is 11.3 Å². The van der Waals surface area contributed by atoms with E-state index in [-0.39, 0.29) is 22.2 Å². The Balaban J connectivity index is 1.59. The zero-order valence-electron chi connectivity index (χ0n) is 13.8. The highest BCUT2D eigenvalue weighted by molar-refractivity contribution is 7.19. The van der Waals surface area contributed by atoms with Crippen molar-refractivity contribution in [2.24, 2.45) is 0 Å². The van der Waals surface area contributed by atoms with Crippen LogP contribution in [-0.4, -0.2) is 17.2 Å². The first-order valence-electron chi connectivity index (χ1n) is 7.75. The number of anilines is 1. The molecule has 1 aromatic heterocycles. The lowest BCUT2D eigenvalue weighted by molar-refractivity contribution is -0.286. The monoisotopic (exact) mass is 392 g/mol. The molecule has 1 aliphatic heterocycles. The van der Waals surface area contributed by atoms with E-state index in [2.05, 4.69) is 19.8 Å². The Kier molecular flexibility index (Phi) is 4.03. The van der Waals surface area contributed by atoms with Crippen LogP contribution in [0.3, 0.4) is 0 Å². The number of halogens is 3. The highest BCUT2D eigenvalue weighted by atomic mass is 32.1. The molecule has 5 nitrogen and oxygen atoms in total. The van der Waals surface area contributed by atoms with E-state index < -0.39 is 18.0 Å². The number of rotatable bonds is 3. The average molecular weight is 392 g/mol. The molecule has 2 heterocycles. The lowest BCUT2D eigenvalue weighted by atomic mass is 10.1. The zero-order chi connectivity index (χ0) is 19.2. The van der Waals surface area contributed by atoms with Crippen molar-refractivity contribution >= 4 is 22.4 Å². The molecule has 1 N–H and O–H groups in total. The maximum atomic E-state index is 13.7. The van der Waals surface area contributed by atoms with E-state index >= 15 is 0 Å². The minimum Gasteiger partial charge on any atom is -0.395 e. The molecule has 138 valence electrons. The number of hydrogen-bond acceptors (Lipinski definition) is 5. The Hall–Kier alpha value is -3.07. The van der Waals surface area contributed by atoms with E-state index in [1.54, 1.807) is 13.0 Å². The van der Waals surface area contributed by atoms with Crippen molar-refractivity contribution in [2.45, 2.75) is 13.2 Å². The number of carbonyl (C=O) groups is 1. The molecule has 27 heavy (non-hydrogen) atoms. The third kappa shape index (κ3) is 3.33. The van der Waals surface area contributed by atoms with Gasteiger partial charge < -0.3 is 9.47 Å². The maximum Gasteiger partial charge on any atom is 0.586 e. The first-order valence-corrected chi connectivity index (χ1v) is 8.56. The molecule has 0 saturated heterocycles. The summed E-state index contributed by atoms with van der Waals surface area (Å²) < 4.78 is 49.0. The molecule has 0 spiro atoms. The minimum atomic E-state index is -3.69. The summed E-state index contributed by atoms with van der Waals surface area (Å²) in [5.41, 5.74) is 1.18. The summed E-state index contributed by atoms with van der Waals surface area (Å²) in [7, 11) is 0. The number of fused-ring (bicyclic) bond motifs is 1. The van der Waals surface area contributed by atoms with E-state index in [4.69, 9.17) is 0 Å². The quantitative estimate of drug-likeness (QED) is 0.694. The fraction of sp³-hybridized carbons (Fsp3) is 0.111. The van der Waals surface area contributed by atoms with Crippen LogP contribution in [0, 0.1) is 12.7 Å². The molecule has 9 heteroatoms. The van der Waals surface area contributed by atoms with Gasteiger partial charge in [-0.25, -0.2) is 9.37 Å². The van der Waals surface area contributed by atoms with Gasteiger partial charge in [-0.05, 0) is 36.8 Å². The molecule has 1 amide bonds. The van der Waals surface area contributed by atoms with Crippen molar-refractivity contribution in [3.63, 3.8) is 0 Å². The second-order valence-corrected chi connectivity index (χ2v) is 6.78. The van der Waals surface area contributed by atoms with Crippen LogP contribution in [0.2, 0.25) is 0 Å². The summed E-state index contributed by atoms with van der Waals surface area (Å²) >= 11 is 1.12. The van der Waals surface area contributed by atoms with Crippen LogP contribution in [0.5, 0.6) is 11.5 Å². The predicted molar refractivity (Wildman–Crippen MR) is 92.8 cm³/mol. The molecule has 0 unspecified atom stereocenters. The van der Waals surface area contributed by atoms with Crippen LogP contribution in [0.25, 0.3) is 10.4 Å². The molecule has 3 aromatic rings. The average Bonchev–Trinajstić information content (AvgIpc) is 3.16. The van der Waals surface area contributed by atoms with Gasteiger partial charge in [0.15, 0.2) is 16.6 Å². The predicted octanol–water partition coefficient (Wildman–Crippen LogP) is 4.83. The highest BCUT2D eigenvalue weighted by Crippen LogP contribution is 2.45.